The van der Waals surface area contributed by atoms with Crippen molar-refractivity contribution in [1.29, 1.82) is 0 Å². The number of benzene rings is 1. The van der Waals surface area contributed by atoms with Gasteiger partial charge in [0.15, 0.2) is 0 Å². The first-order valence-electron chi connectivity index (χ1n) is 9.44. The first kappa shape index (κ1) is 21.2. The molecule has 0 spiro atoms. The van der Waals surface area contributed by atoms with Crippen molar-refractivity contribution >= 4 is 17.7 Å². The predicted octanol–water partition coefficient (Wildman–Crippen LogP) is 2.87. The first-order chi connectivity index (χ1) is 12.7. The number of rotatable bonds is 6. The zero-order valence-electron chi connectivity index (χ0n) is 16.9. The van der Waals surface area contributed by atoms with Crippen LogP contribution in [0, 0.1) is 0 Å². The lowest BCUT2D eigenvalue weighted by atomic mass is 10.00. The third-order valence-electron chi connectivity index (χ3n) is 4.60. The summed E-state index contributed by atoms with van der Waals surface area (Å²) >= 11 is 0. The third-order valence-corrected chi connectivity index (χ3v) is 4.60. The molecule has 0 saturated carbocycles. The van der Waals surface area contributed by atoms with Crippen molar-refractivity contribution < 1.29 is 19.1 Å². The smallest absolute Gasteiger partial charge is 0.411 e. The lowest BCUT2D eigenvalue weighted by molar-refractivity contribution is -0.0948. The van der Waals surface area contributed by atoms with Crippen LogP contribution < -0.4 is 10.6 Å². The molecular formula is C20H31N3O4. The normalized spacial score (nSPS) is 20.8. The molecule has 1 aromatic rings. The number of hydrogen-bond acceptors (Lipinski definition) is 5. The number of ether oxygens (including phenoxy) is 2. The van der Waals surface area contributed by atoms with E-state index in [-0.39, 0.29) is 23.7 Å². The summed E-state index contributed by atoms with van der Waals surface area (Å²) in [7, 11) is 0. The van der Waals surface area contributed by atoms with Crippen LogP contribution in [0.5, 0.6) is 0 Å². The fourth-order valence-electron chi connectivity index (χ4n) is 3.21. The molecule has 2 rings (SSSR count). The van der Waals surface area contributed by atoms with Crippen LogP contribution >= 0.6 is 0 Å². The molecule has 7 nitrogen and oxygen atoms in total. The lowest BCUT2D eigenvalue weighted by Gasteiger charge is -2.45. The van der Waals surface area contributed by atoms with E-state index in [9.17, 15) is 9.59 Å². The molecule has 2 N–H and O–H groups in total. The van der Waals surface area contributed by atoms with Gasteiger partial charge in [0, 0.05) is 36.4 Å². The second-order valence-corrected chi connectivity index (χ2v) is 7.58. The van der Waals surface area contributed by atoms with Crippen molar-refractivity contribution in [3.63, 3.8) is 0 Å². The van der Waals surface area contributed by atoms with Gasteiger partial charge in [-0.25, -0.2) is 4.79 Å². The minimum absolute atomic E-state index is 0.175. The van der Waals surface area contributed by atoms with Crippen molar-refractivity contribution in [3.8, 4) is 0 Å². The molecule has 1 heterocycles. The van der Waals surface area contributed by atoms with Crippen LogP contribution in [-0.2, 0) is 9.47 Å². The maximum atomic E-state index is 12.6. The van der Waals surface area contributed by atoms with Gasteiger partial charge in [0.2, 0.25) is 0 Å². The Morgan fingerprint density at radius 3 is 2.56 bits per heavy atom. The second-order valence-electron chi connectivity index (χ2n) is 7.58. The van der Waals surface area contributed by atoms with Crippen LogP contribution in [0.4, 0.5) is 10.5 Å². The van der Waals surface area contributed by atoms with Gasteiger partial charge in [-0.05, 0) is 52.8 Å². The molecule has 2 unspecified atom stereocenters. The molecule has 150 valence electrons. The van der Waals surface area contributed by atoms with Gasteiger partial charge in [-0.2, -0.15) is 0 Å². The molecule has 0 radical (unpaired) electrons. The summed E-state index contributed by atoms with van der Waals surface area (Å²) in [5, 5.41) is 5.62. The van der Waals surface area contributed by atoms with Crippen LogP contribution in [-0.4, -0.2) is 60.9 Å². The van der Waals surface area contributed by atoms with Crippen LogP contribution in [0.1, 0.15) is 45.0 Å². The van der Waals surface area contributed by atoms with E-state index in [4.69, 9.17) is 9.47 Å². The minimum Gasteiger partial charge on any atom is -0.450 e. The summed E-state index contributed by atoms with van der Waals surface area (Å²) in [6, 6.07) is 6.80. The Morgan fingerprint density at radius 2 is 1.93 bits per heavy atom. The highest BCUT2D eigenvalue weighted by Gasteiger charge is 2.33. The molecule has 0 aromatic heterocycles. The third kappa shape index (κ3) is 6.22. The summed E-state index contributed by atoms with van der Waals surface area (Å²) in [6.07, 6.45) is -0.185. The summed E-state index contributed by atoms with van der Waals surface area (Å²) in [4.78, 5) is 26.4. The zero-order chi connectivity index (χ0) is 20.0. The van der Waals surface area contributed by atoms with Crippen molar-refractivity contribution in [3.05, 3.63) is 29.8 Å². The number of hydrogen-bond donors (Lipinski definition) is 2. The average molecular weight is 377 g/mol. The van der Waals surface area contributed by atoms with E-state index in [1.54, 1.807) is 31.2 Å². The van der Waals surface area contributed by atoms with E-state index in [0.717, 1.165) is 13.1 Å². The van der Waals surface area contributed by atoms with Crippen molar-refractivity contribution in [2.45, 2.75) is 52.4 Å². The van der Waals surface area contributed by atoms with Crippen LogP contribution in [0.25, 0.3) is 0 Å². The highest BCUT2D eigenvalue weighted by atomic mass is 16.5. The van der Waals surface area contributed by atoms with E-state index >= 15 is 0 Å². The average Bonchev–Trinajstić information content (AvgIpc) is 2.59. The summed E-state index contributed by atoms with van der Waals surface area (Å²) in [5.74, 6) is -0.176. The van der Waals surface area contributed by atoms with Gasteiger partial charge >= 0.3 is 6.09 Å². The number of carbonyl (C=O) groups is 2. The number of nitrogens with one attached hydrogen (secondary N) is 2. The zero-order valence-corrected chi connectivity index (χ0v) is 16.9. The van der Waals surface area contributed by atoms with Crippen molar-refractivity contribution in [2.24, 2.45) is 0 Å². The van der Waals surface area contributed by atoms with E-state index in [1.807, 2.05) is 0 Å². The molecule has 1 aromatic carbocycles. The molecule has 1 fully saturated rings. The van der Waals surface area contributed by atoms with Crippen molar-refractivity contribution in [2.75, 3.05) is 31.6 Å². The summed E-state index contributed by atoms with van der Waals surface area (Å²) in [5.41, 5.74) is 0.822. The Kier molecular flexibility index (Phi) is 7.21. The Morgan fingerprint density at radius 1 is 1.26 bits per heavy atom. The molecule has 1 aliphatic rings. The lowest BCUT2D eigenvalue weighted by Crippen LogP contribution is -2.58. The molecule has 0 aliphatic carbocycles. The number of carbonyl (C=O) groups excluding carboxylic acids is 2. The standard InChI is InChI=1S/C20H31N3O4/c1-6-26-19(25)22-17-9-7-8-16(10-17)18(24)21-13-20(4,5)23-11-14(2)27-15(3)12-23/h7-10,14-15H,6,11-13H2,1-5H3,(H,21,24)(H,22,25). The van der Waals surface area contributed by atoms with E-state index in [0.29, 0.717) is 24.4 Å². The fourth-order valence-corrected chi connectivity index (χ4v) is 3.21. The summed E-state index contributed by atoms with van der Waals surface area (Å²) in [6.45, 7) is 12.6. The molecule has 1 aliphatic heterocycles. The fraction of sp³-hybridized carbons (Fsp3) is 0.600. The number of amides is 2. The molecule has 2 amide bonds. The van der Waals surface area contributed by atoms with Gasteiger partial charge in [0.05, 0.1) is 18.8 Å². The van der Waals surface area contributed by atoms with Crippen LogP contribution in [0.2, 0.25) is 0 Å². The van der Waals surface area contributed by atoms with Gasteiger partial charge < -0.3 is 14.8 Å². The Labute approximate surface area is 161 Å². The van der Waals surface area contributed by atoms with Crippen molar-refractivity contribution in [1.82, 2.24) is 10.2 Å². The molecule has 2 atom stereocenters. The number of nitrogens with zero attached hydrogens (tertiary/aromatic N) is 1. The van der Waals surface area contributed by atoms with Gasteiger partial charge in [-0.1, -0.05) is 6.07 Å². The SMILES string of the molecule is CCOC(=O)Nc1cccc(C(=O)NCC(C)(C)N2CC(C)OC(C)C2)c1. The minimum atomic E-state index is -0.535. The Balaban J connectivity index is 1.95. The quantitative estimate of drug-likeness (QED) is 0.797. The molecule has 0 bridgehead atoms. The van der Waals surface area contributed by atoms with Crippen LogP contribution in [0.3, 0.4) is 0 Å². The van der Waals surface area contributed by atoms with E-state index in [2.05, 4.69) is 43.2 Å². The summed E-state index contributed by atoms with van der Waals surface area (Å²) < 4.78 is 10.7. The van der Waals surface area contributed by atoms with E-state index < -0.39 is 6.09 Å². The number of morpholine rings is 1. The topological polar surface area (TPSA) is 79.9 Å². The predicted molar refractivity (Wildman–Crippen MR) is 105 cm³/mol. The van der Waals surface area contributed by atoms with E-state index in [1.165, 1.54) is 0 Å². The first-order valence-corrected chi connectivity index (χ1v) is 9.44. The second kappa shape index (κ2) is 9.19. The molecule has 7 heteroatoms. The molecular weight excluding hydrogens is 346 g/mol. The van der Waals surface area contributed by atoms with Gasteiger partial charge in [0.25, 0.3) is 5.91 Å². The molecule has 27 heavy (non-hydrogen) atoms. The monoisotopic (exact) mass is 377 g/mol. The Bertz CT molecular complexity index is 652. The van der Waals surface area contributed by atoms with Gasteiger partial charge in [-0.3, -0.25) is 15.0 Å². The highest BCUT2D eigenvalue weighted by molar-refractivity contribution is 5.96. The maximum Gasteiger partial charge on any atom is 0.411 e. The van der Waals surface area contributed by atoms with Crippen LogP contribution in [0.15, 0.2) is 24.3 Å². The van der Waals surface area contributed by atoms with Gasteiger partial charge in [0.1, 0.15) is 0 Å². The Hall–Kier alpha value is -2.12. The number of anilines is 1. The highest BCUT2D eigenvalue weighted by Crippen LogP contribution is 2.21. The maximum absolute atomic E-state index is 12.6. The molecule has 1 saturated heterocycles. The van der Waals surface area contributed by atoms with Gasteiger partial charge in [-0.15, -0.1) is 0 Å². The largest absolute Gasteiger partial charge is 0.450 e.